The van der Waals surface area contributed by atoms with Crippen molar-refractivity contribution in [2.24, 2.45) is 0 Å². The number of rotatable bonds is 4. The summed E-state index contributed by atoms with van der Waals surface area (Å²) >= 11 is 1.18. The van der Waals surface area contributed by atoms with Gasteiger partial charge in [-0.2, -0.15) is 8.42 Å². The Labute approximate surface area is 171 Å². The smallest absolute Gasteiger partial charge is 0.548 e. The Morgan fingerprint density at radius 1 is 1.32 bits per heavy atom. The van der Waals surface area contributed by atoms with Crippen LogP contribution in [0.4, 0.5) is 5.69 Å². The summed E-state index contributed by atoms with van der Waals surface area (Å²) in [5.41, 5.74) is 5.91. The van der Waals surface area contributed by atoms with Crippen LogP contribution in [0.15, 0.2) is 29.2 Å². The molecule has 3 rings (SSSR count). The number of nitrogens with two attached hydrogens (primary N) is 1. The largest absolute Gasteiger partial charge is 1.00 e. The number of nitrogen functional groups attached to an aromatic ring is 1. The quantitative estimate of drug-likeness (QED) is 0.238. The van der Waals surface area contributed by atoms with Gasteiger partial charge in [-0.3, -0.25) is 4.79 Å². The van der Waals surface area contributed by atoms with E-state index < -0.39 is 44.3 Å². The van der Waals surface area contributed by atoms with Gasteiger partial charge in [0.15, 0.2) is 6.10 Å². The fourth-order valence-corrected chi connectivity index (χ4v) is 5.58. The van der Waals surface area contributed by atoms with Crippen molar-refractivity contribution in [1.82, 2.24) is 4.90 Å². The number of carboxylic acids is 1. The fraction of sp³-hybridized carbons (Fsp3) is 0.429. The summed E-state index contributed by atoms with van der Waals surface area (Å²) in [6, 6.07) is 4.25. The number of fused-ring (bicyclic) bond motifs is 1. The van der Waals surface area contributed by atoms with E-state index in [9.17, 15) is 23.1 Å². The first-order chi connectivity index (χ1) is 11.0. The molecule has 2 aliphatic heterocycles. The van der Waals surface area contributed by atoms with Crippen molar-refractivity contribution in [3.63, 3.8) is 0 Å². The molecule has 0 bridgehead atoms. The third-order valence-corrected chi connectivity index (χ3v) is 6.87. The molecule has 8 nitrogen and oxygen atoms in total. The zero-order valence-electron chi connectivity index (χ0n) is 13.8. The first-order valence-corrected chi connectivity index (χ1v) is 9.33. The number of nitrogens with zero attached hydrogens (tertiary/aromatic N) is 1. The maximum atomic E-state index is 12.3. The van der Waals surface area contributed by atoms with Gasteiger partial charge < -0.3 is 20.5 Å². The van der Waals surface area contributed by atoms with E-state index in [-0.39, 0.29) is 34.5 Å². The molecule has 11 heteroatoms. The molecule has 2 N–H and O–H groups in total. The van der Waals surface area contributed by atoms with E-state index >= 15 is 0 Å². The molecule has 3 atom stereocenters. The SMILES string of the molecule is CC1(C)S[C@@H]2[C@H](OS(=O)(=O)c3ccc(N)cc3)C(=O)N2[C@H]1C(=O)[O-].[Na+]. The van der Waals surface area contributed by atoms with Crippen LogP contribution in [0.3, 0.4) is 0 Å². The van der Waals surface area contributed by atoms with Crippen molar-refractivity contribution in [2.45, 2.75) is 41.0 Å². The standard InChI is InChI=1S/C14H16N2O6S2.Na/c1-14(2)10(13(18)19)16-11(17)9(12(16)23-14)22-24(20,21)8-5-3-7(15)4-6-8;/h3-6,9-10,12H,15H2,1-2H3,(H,18,19);/q;+1/p-1/t9-,10+,12-;/m1./s1. The van der Waals surface area contributed by atoms with E-state index in [1.165, 1.54) is 36.0 Å². The molecule has 0 radical (unpaired) electrons. The number of hydrogen-bond acceptors (Lipinski definition) is 8. The summed E-state index contributed by atoms with van der Waals surface area (Å²) < 4.78 is 28.8. The average molecular weight is 394 g/mol. The first-order valence-electron chi connectivity index (χ1n) is 7.04. The Hall–Kier alpha value is -0.780. The van der Waals surface area contributed by atoms with Crippen molar-refractivity contribution < 1.29 is 56.9 Å². The molecule has 0 aliphatic carbocycles. The van der Waals surface area contributed by atoms with Crippen molar-refractivity contribution in [1.29, 1.82) is 0 Å². The number of β-lactam (4-membered cyclic amide) rings is 1. The van der Waals surface area contributed by atoms with Crippen LogP contribution >= 0.6 is 11.8 Å². The monoisotopic (exact) mass is 394 g/mol. The van der Waals surface area contributed by atoms with Gasteiger partial charge in [0, 0.05) is 10.4 Å². The summed E-state index contributed by atoms with van der Waals surface area (Å²) in [5.74, 6) is -2.05. The molecule has 0 unspecified atom stereocenters. The van der Waals surface area contributed by atoms with Crippen LogP contribution in [-0.4, -0.2) is 47.5 Å². The number of amides is 1. The van der Waals surface area contributed by atoms with Gasteiger partial charge in [-0.25, -0.2) is 4.18 Å². The fourth-order valence-electron chi connectivity index (χ4n) is 2.87. The summed E-state index contributed by atoms with van der Waals surface area (Å²) in [5, 5.41) is 10.6. The second-order valence-electron chi connectivity index (χ2n) is 6.12. The maximum Gasteiger partial charge on any atom is 1.00 e. The van der Waals surface area contributed by atoms with E-state index in [0.29, 0.717) is 5.69 Å². The molecule has 2 fully saturated rings. The van der Waals surface area contributed by atoms with Crippen LogP contribution in [0.5, 0.6) is 0 Å². The molecule has 25 heavy (non-hydrogen) atoms. The van der Waals surface area contributed by atoms with Gasteiger partial charge >= 0.3 is 29.6 Å². The average Bonchev–Trinajstić information content (AvgIpc) is 2.74. The number of thioether (sulfide) groups is 1. The summed E-state index contributed by atoms with van der Waals surface area (Å²) in [4.78, 5) is 24.5. The van der Waals surface area contributed by atoms with Crippen LogP contribution in [0, 0.1) is 0 Å². The van der Waals surface area contributed by atoms with Crippen molar-refractivity contribution in [3.8, 4) is 0 Å². The number of benzene rings is 1. The first kappa shape index (κ1) is 20.5. The van der Waals surface area contributed by atoms with Crippen molar-refractivity contribution in [2.75, 3.05) is 5.73 Å². The number of aliphatic carboxylic acids is 1. The number of anilines is 1. The molecular formula is C14H15N2NaO6S2. The predicted molar refractivity (Wildman–Crippen MR) is 84.0 cm³/mol. The van der Waals surface area contributed by atoms with E-state index in [0.717, 1.165) is 4.90 Å². The molecule has 0 spiro atoms. The Morgan fingerprint density at radius 2 is 1.88 bits per heavy atom. The Bertz CT molecular complexity index is 811. The normalized spacial score (nSPS) is 27.2. The van der Waals surface area contributed by atoms with Crippen LogP contribution < -0.4 is 40.4 Å². The summed E-state index contributed by atoms with van der Waals surface area (Å²) in [6.07, 6.45) is -1.25. The second-order valence-corrected chi connectivity index (χ2v) is 9.46. The van der Waals surface area contributed by atoms with Gasteiger partial charge in [-0.1, -0.05) is 0 Å². The molecule has 130 valence electrons. The van der Waals surface area contributed by atoms with Gasteiger partial charge in [0.2, 0.25) is 0 Å². The molecule has 2 aliphatic rings. The Kier molecular flexibility index (Phi) is 5.54. The minimum Gasteiger partial charge on any atom is -0.548 e. The minimum absolute atomic E-state index is 0. The topological polar surface area (TPSA) is 130 Å². The zero-order valence-corrected chi connectivity index (χ0v) is 17.5. The van der Waals surface area contributed by atoms with Crippen LogP contribution in [0.25, 0.3) is 0 Å². The summed E-state index contributed by atoms with van der Waals surface area (Å²) in [7, 11) is -4.16. The molecule has 0 saturated carbocycles. The van der Waals surface area contributed by atoms with Crippen molar-refractivity contribution >= 4 is 39.4 Å². The number of carbonyl (C=O) groups is 2. The molecule has 2 saturated heterocycles. The van der Waals surface area contributed by atoms with Crippen LogP contribution in [0.2, 0.25) is 0 Å². The van der Waals surface area contributed by atoms with E-state index in [1.807, 2.05) is 0 Å². The molecule has 1 amide bonds. The maximum absolute atomic E-state index is 12.3. The van der Waals surface area contributed by atoms with Gasteiger partial charge in [0.25, 0.3) is 16.0 Å². The number of carbonyl (C=O) groups excluding carboxylic acids is 2. The Morgan fingerprint density at radius 3 is 2.40 bits per heavy atom. The Balaban J connectivity index is 0.00000225. The van der Waals surface area contributed by atoms with Crippen molar-refractivity contribution in [3.05, 3.63) is 24.3 Å². The number of carboxylic acid groups (broad SMARTS) is 1. The van der Waals surface area contributed by atoms with Gasteiger partial charge in [0.1, 0.15) is 5.37 Å². The molecule has 2 heterocycles. The van der Waals surface area contributed by atoms with E-state index in [1.54, 1.807) is 13.8 Å². The van der Waals surface area contributed by atoms with Gasteiger partial charge in [-0.15, -0.1) is 11.8 Å². The second kappa shape index (κ2) is 6.75. The predicted octanol–water partition coefficient (Wildman–Crippen LogP) is -3.84. The molecular weight excluding hydrogens is 379 g/mol. The zero-order chi connectivity index (χ0) is 17.9. The molecule has 1 aromatic carbocycles. The van der Waals surface area contributed by atoms with Gasteiger partial charge in [-0.05, 0) is 38.1 Å². The van der Waals surface area contributed by atoms with E-state index in [2.05, 4.69) is 0 Å². The van der Waals surface area contributed by atoms with Crippen LogP contribution in [0.1, 0.15) is 13.8 Å². The summed E-state index contributed by atoms with van der Waals surface area (Å²) in [6.45, 7) is 3.32. The number of hydrogen-bond donors (Lipinski definition) is 1. The van der Waals surface area contributed by atoms with E-state index in [4.69, 9.17) is 9.92 Å². The minimum atomic E-state index is -4.16. The third-order valence-electron chi connectivity index (χ3n) is 4.01. The molecule has 1 aromatic rings. The third kappa shape index (κ3) is 3.43. The van der Waals surface area contributed by atoms with Gasteiger partial charge in [0.05, 0.1) is 16.9 Å². The molecule has 0 aromatic heterocycles. The van der Waals surface area contributed by atoms with Crippen LogP contribution in [-0.2, 0) is 23.9 Å².